The lowest BCUT2D eigenvalue weighted by Gasteiger charge is -2.33. The summed E-state index contributed by atoms with van der Waals surface area (Å²) in [5.41, 5.74) is 0.455. The lowest BCUT2D eigenvalue weighted by atomic mass is 9.86. The zero-order valence-corrected chi connectivity index (χ0v) is 13.1. The van der Waals surface area contributed by atoms with E-state index in [9.17, 15) is 0 Å². The summed E-state index contributed by atoms with van der Waals surface area (Å²) in [6, 6.07) is 0. The molecule has 2 heteroatoms. The molecule has 2 unspecified atom stereocenters. The van der Waals surface area contributed by atoms with Crippen molar-refractivity contribution in [3.05, 3.63) is 0 Å². The van der Waals surface area contributed by atoms with E-state index in [1.165, 1.54) is 58.3 Å². The van der Waals surface area contributed by atoms with Gasteiger partial charge in [-0.05, 0) is 50.1 Å². The molecule has 1 saturated heterocycles. The maximum Gasteiger partial charge on any atom is 0.00475 e. The number of hydrogen-bond donors (Lipinski definition) is 1. The van der Waals surface area contributed by atoms with Gasteiger partial charge < -0.3 is 10.2 Å². The van der Waals surface area contributed by atoms with Gasteiger partial charge in [0, 0.05) is 19.6 Å². The molecular weight excluding hydrogens is 220 g/mol. The Balaban J connectivity index is 2.33. The van der Waals surface area contributed by atoms with Crippen molar-refractivity contribution >= 4 is 0 Å². The summed E-state index contributed by atoms with van der Waals surface area (Å²) in [5, 5.41) is 3.61. The summed E-state index contributed by atoms with van der Waals surface area (Å²) in [5.74, 6) is 0.972. The minimum Gasteiger partial charge on any atom is -0.316 e. The Labute approximate surface area is 115 Å². The number of hydrogen-bond acceptors (Lipinski definition) is 2. The highest BCUT2D eigenvalue weighted by atomic mass is 15.2. The number of nitrogens with one attached hydrogen (secondary N) is 1. The molecule has 0 spiro atoms. The molecule has 0 radical (unpaired) electrons. The molecule has 108 valence electrons. The molecule has 0 aromatic heterocycles. The fourth-order valence-corrected chi connectivity index (χ4v) is 3.10. The average Bonchev–Trinajstić information content (AvgIpc) is 2.77. The molecule has 1 fully saturated rings. The van der Waals surface area contributed by atoms with E-state index >= 15 is 0 Å². The third kappa shape index (κ3) is 5.27. The van der Waals surface area contributed by atoms with Gasteiger partial charge >= 0.3 is 0 Å². The summed E-state index contributed by atoms with van der Waals surface area (Å²) >= 11 is 0. The third-order valence-electron chi connectivity index (χ3n) is 4.50. The molecule has 1 aliphatic heterocycles. The molecule has 0 aromatic rings. The second kappa shape index (κ2) is 8.16. The average molecular weight is 254 g/mol. The van der Waals surface area contributed by atoms with Gasteiger partial charge in [-0.25, -0.2) is 0 Å². The largest absolute Gasteiger partial charge is 0.316 e. The van der Waals surface area contributed by atoms with Crippen LogP contribution in [0.3, 0.4) is 0 Å². The first-order valence-electron chi connectivity index (χ1n) is 8.06. The highest BCUT2D eigenvalue weighted by Gasteiger charge is 2.29. The van der Waals surface area contributed by atoms with Gasteiger partial charge in [0.15, 0.2) is 0 Å². The van der Waals surface area contributed by atoms with E-state index in [1.54, 1.807) is 0 Å². The van der Waals surface area contributed by atoms with Crippen molar-refractivity contribution in [2.75, 3.05) is 32.7 Å². The molecule has 0 bridgehead atoms. The normalized spacial score (nSPS) is 24.3. The van der Waals surface area contributed by atoms with Gasteiger partial charge in [-0.1, -0.05) is 34.1 Å². The minimum absolute atomic E-state index is 0.455. The van der Waals surface area contributed by atoms with Gasteiger partial charge in [-0.2, -0.15) is 0 Å². The maximum absolute atomic E-state index is 3.61. The van der Waals surface area contributed by atoms with Crippen molar-refractivity contribution in [3.63, 3.8) is 0 Å². The summed E-state index contributed by atoms with van der Waals surface area (Å²) in [4.78, 5) is 2.71. The topological polar surface area (TPSA) is 15.3 Å². The van der Waals surface area contributed by atoms with Gasteiger partial charge in [-0.15, -0.1) is 0 Å². The Morgan fingerprint density at radius 3 is 2.61 bits per heavy atom. The SMILES string of the molecule is CCCNCC(C)(CC)CN1CCC(CCC)C1. The van der Waals surface area contributed by atoms with Crippen molar-refractivity contribution in [3.8, 4) is 0 Å². The quantitative estimate of drug-likeness (QED) is 0.633. The van der Waals surface area contributed by atoms with Gasteiger partial charge in [0.2, 0.25) is 0 Å². The zero-order chi connectivity index (χ0) is 13.4. The van der Waals surface area contributed by atoms with Crippen LogP contribution in [-0.4, -0.2) is 37.6 Å². The summed E-state index contributed by atoms with van der Waals surface area (Å²) in [6.07, 6.45) is 6.71. The maximum atomic E-state index is 3.61. The Morgan fingerprint density at radius 2 is 2.00 bits per heavy atom. The Bertz CT molecular complexity index is 217. The Hall–Kier alpha value is -0.0800. The second-order valence-corrected chi connectivity index (χ2v) is 6.52. The lowest BCUT2D eigenvalue weighted by molar-refractivity contribution is 0.175. The first kappa shape index (κ1) is 16.0. The Kier molecular flexibility index (Phi) is 7.25. The molecule has 1 N–H and O–H groups in total. The van der Waals surface area contributed by atoms with Crippen LogP contribution in [0.2, 0.25) is 0 Å². The first-order chi connectivity index (χ1) is 8.63. The standard InChI is InChI=1S/C16H34N2/c1-5-8-15-9-11-18(12-15)14-16(4,7-3)13-17-10-6-2/h15,17H,5-14H2,1-4H3. The molecule has 0 saturated carbocycles. The molecule has 0 amide bonds. The van der Waals surface area contributed by atoms with Crippen LogP contribution in [0.4, 0.5) is 0 Å². The van der Waals surface area contributed by atoms with Crippen LogP contribution in [-0.2, 0) is 0 Å². The molecule has 18 heavy (non-hydrogen) atoms. The van der Waals surface area contributed by atoms with Gasteiger partial charge in [0.25, 0.3) is 0 Å². The molecule has 2 atom stereocenters. The fraction of sp³-hybridized carbons (Fsp3) is 1.00. The molecular formula is C16H34N2. The molecule has 1 heterocycles. The zero-order valence-electron chi connectivity index (χ0n) is 13.1. The fourth-order valence-electron chi connectivity index (χ4n) is 3.10. The molecule has 0 aromatic carbocycles. The van der Waals surface area contributed by atoms with E-state index in [4.69, 9.17) is 0 Å². The monoisotopic (exact) mass is 254 g/mol. The summed E-state index contributed by atoms with van der Waals surface area (Å²) in [6.45, 7) is 15.6. The summed E-state index contributed by atoms with van der Waals surface area (Å²) < 4.78 is 0. The predicted molar refractivity (Wildman–Crippen MR) is 81.0 cm³/mol. The smallest absolute Gasteiger partial charge is 0.00475 e. The highest BCUT2D eigenvalue weighted by molar-refractivity contribution is 4.84. The minimum atomic E-state index is 0.455. The van der Waals surface area contributed by atoms with Crippen LogP contribution >= 0.6 is 0 Å². The van der Waals surface area contributed by atoms with Gasteiger partial charge in [-0.3, -0.25) is 0 Å². The molecule has 0 aliphatic carbocycles. The van der Waals surface area contributed by atoms with E-state index < -0.39 is 0 Å². The highest BCUT2D eigenvalue weighted by Crippen LogP contribution is 2.27. The van der Waals surface area contributed by atoms with Crippen molar-refractivity contribution < 1.29 is 0 Å². The Morgan fingerprint density at radius 1 is 1.22 bits per heavy atom. The number of likely N-dealkylation sites (tertiary alicyclic amines) is 1. The number of rotatable bonds is 9. The number of nitrogens with zero attached hydrogens (tertiary/aromatic N) is 1. The first-order valence-corrected chi connectivity index (χ1v) is 8.06. The van der Waals surface area contributed by atoms with Crippen molar-refractivity contribution in [1.29, 1.82) is 0 Å². The molecule has 2 nitrogen and oxygen atoms in total. The second-order valence-electron chi connectivity index (χ2n) is 6.52. The van der Waals surface area contributed by atoms with Crippen LogP contribution in [0, 0.1) is 11.3 Å². The lowest BCUT2D eigenvalue weighted by Crippen LogP contribution is -2.41. The van der Waals surface area contributed by atoms with Crippen molar-refractivity contribution in [1.82, 2.24) is 10.2 Å². The molecule has 1 aliphatic rings. The van der Waals surface area contributed by atoms with E-state index in [2.05, 4.69) is 37.9 Å². The third-order valence-corrected chi connectivity index (χ3v) is 4.50. The van der Waals surface area contributed by atoms with Crippen LogP contribution in [0.1, 0.15) is 59.8 Å². The van der Waals surface area contributed by atoms with E-state index in [1.807, 2.05) is 0 Å². The van der Waals surface area contributed by atoms with Crippen LogP contribution < -0.4 is 5.32 Å². The van der Waals surface area contributed by atoms with Crippen LogP contribution in [0.25, 0.3) is 0 Å². The van der Waals surface area contributed by atoms with Crippen molar-refractivity contribution in [2.45, 2.75) is 59.8 Å². The van der Waals surface area contributed by atoms with Gasteiger partial charge in [0.05, 0.1) is 0 Å². The van der Waals surface area contributed by atoms with Crippen molar-refractivity contribution in [2.24, 2.45) is 11.3 Å². The molecule has 1 rings (SSSR count). The van der Waals surface area contributed by atoms with E-state index in [0.29, 0.717) is 5.41 Å². The summed E-state index contributed by atoms with van der Waals surface area (Å²) in [7, 11) is 0. The predicted octanol–water partition coefficient (Wildman–Crippen LogP) is 3.52. The van der Waals surface area contributed by atoms with E-state index in [0.717, 1.165) is 12.5 Å². The van der Waals surface area contributed by atoms with Gasteiger partial charge in [0.1, 0.15) is 0 Å². The van der Waals surface area contributed by atoms with Crippen LogP contribution in [0.5, 0.6) is 0 Å². The van der Waals surface area contributed by atoms with Crippen LogP contribution in [0.15, 0.2) is 0 Å². The van der Waals surface area contributed by atoms with E-state index in [-0.39, 0.29) is 0 Å².